The maximum atomic E-state index is 12.1. The van der Waals surface area contributed by atoms with Crippen LogP contribution in [0.1, 0.15) is 25.7 Å². The summed E-state index contributed by atoms with van der Waals surface area (Å²) in [4.78, 5) is 25.7. The summed E-state index contributed by atoms with van der Waals surface area (Å²) in [6.07, 6.45) is 0.837. The van der Waals surface area contributed by atoms with Gasteiger partial charge in [0, 0.05) is 32.1 Å². The topological polar surface area (TPSA) is 109 Å². The molecule has 26 heavy (non-hydrogen) atoms. The van der Waals surface area contributed by atoms with E-state index >= 15 is 0 Å². The number of nitrogens with one attached hydrogen (secondary N) is 2. The molecule has 1 saturated carbocycles. The predicted octanol–water partition coefficient (Wildman–Crippen LogP) is -1.02. The molecule has 4 rings (SSSR count). The number of rotatable bonds is 5. The smallest absolute Gasteiger partial charge is 0.317 e. The summed E-state index contributed by atoms with van der Waals surface area (Å²) in [6, 6.07) is 0.168. The van der Waals surface area contributed by atoms with Gasteiger partial charge in [-0.25, -0.2) is 4.79 Å². The first-order valence-corrected chi connectivity index (χ1v) is 9.49. The van der Waals surface area contributed by atoms with Crippen LogP contribution in [0, 0.1) is 0 Å². The van der Waals surface area contributed by atoms with E-state index < -0.39 is 18.3 Å². The van der Waals surface area contributed by atoms with Crippen LogP contribution < -0.4 is 10.6 Å². The van der Waals surface area contributed by atoms with Crippen molar-refractivity contribution in [3.63, 3.8) is 0 Å². The average molecular weight is 369 g/mol. The van der Waals surface area contributed by atoms with Crippen LogP contribution in [0.4, 0.5) is 4.79 Å². The van der Waals surface area contributed by atoms with E-state index in [2.05, 4.69) is 10.6 Å². The number of nitrogens with zero attached hydrogens (tertiary/aromatic N) is 1. The molecule has 3 saturated heterocycles. The Balaban J connectivity index is 1.20. The molecule has 0 bridgehead atoms. The molecule has 3 amide bonds. The maximum absolute atomic E-state index is 12.1. The Labute approximate surface area is 152 Å². The number of morpholine rings is 1. The first-order valence-electron chi connectivity index (χ1n) is 9.49. The molecule has 0 aromatic heterocycles. The summed E-state index contributed by atoms with van der Waals surface area (Å²) < 4.78 is 16.9. The Hall–Kier alpha value is -1.42. The molecule has 9 nitrogen and oxygen atoms in total. The number of carbonyl (C=O) groups is 2. The molecule has 3 aliphatic heterocycles. The van der Waals surface area contributed by atoms with Crippen LogP contribution in [0.3, 0.4) is 0 Å². The van der Waals surface area contributed by atoms with Gasteiger partial charge in [0.05, 0.1) is 31.8 Å². The summed E-state index contributed by atoms with van der Waals surface area (Å²) in [5.74, 6) is 0.00119. The second kappa shape index (κ2) is 7.67. The predicted molar refractivity (Wildman–Crippen MR) is 89.5 cm³/mol. The summed E-state index contributed by atoms with van der Waals surface area (Å²) in [5, 5.41) is 16.2. The van der Waals surface area contributed by atoms with E-state index in [1.165, 1.54) is 0 Å². The number of urea groups is 1. The molecule has 0 spiro atoms. The lowest BCUT2D eigenvalue weighted by atomic mass is 10.1. The highest BCUT2D eigenvalue weighted by Gasteiger charge is 2.50. The summed E-state index contributed by atoms with van der Waals surface area (Å²) in [5.41, 5.74) is 0. The number of ether oxygens (including phenoxy) is 3. The number of hydrogen-bond donors (Lipinski definition) is 3. The summed E-state index contributed by atoms with van der Waals surface area (Å²) >= 11 is 0. The monoisotopic (exact) mass is 369 g/mol. The van der Waals surface area contributed by atoms with E-state index in [-0.39, 0.29) is 30.7 Å². The van der Waals surface area contributed by atoms with Crippen LogP contribution in [0.2, 0.25) is 0 Å². The molecule has 3 N–H and O–H groups in total. The zero-order valence-electron chi connectivity index (χ0n) is 14.8. The van der Waals surface area contributed by atoms with Gasteiger partial charge >= 0.3 is 6.03 Å². The number of carbonyl (C=O) groups excluding carboxylic acids is 2. The number of hydrogen-bond acceptors (Lipinski definition) is 6. The standard InChI is InChI=1S/C17H27N3O6/c21-14(19-10-1-2-10)8-11-7-12-16(25-11)15(22)13(26-12)9-18-17(23)20-3-5-24-6-4-20/h10-13,15-16,22H,1-9H2,(H,18,23)(H,19,21). The maximum Gasteiger partial charge on any atom is 0.317 e. The minimum Gasteiger partial charge on any atom is -0.388 e. The molecule has 4 fully saturated rings. The van der Waals surface area contributed by atoms with Crippen molar-refractivity contribution in [2.75, 3.05) is 32.8 Å². The Morgan fingerprint density at radius 2 is 1.92 bits per heavy atom. The van der Waals surface area contributed by atoms with Crippen molar-refractivity contribution in [1.29, 1.82) is 0 Å². The minimum atomic E-state index is -0.804. The van der Waals surface area contributed by atoms with Gasteiger partial charge < -0.3 is 34.9 Å². The zero-order valence-corrected chi connectivity index (χ0v) is 14.8. The van der Waals surface area contributed by atoms with Crippen molar-refractivity contribution in [1.82, 2.24) is 15.5 Å². The van der Waals surface area contributed by atoms with Crippen LogP contribution in [-0.4, -0.2) is 91.4 Å². The second-order valence-electron chi connectivity index (χ2n) is 7.49. The fraction of sp³-hybridized carbons (Fsp3) is 0.882. The van der Waals surface area contributed by atoms with E-state index in [9.17, 15) is 14.7 Å². The molecule has 9 heteroatoms. The molecule has 0 aromatic carbocycles. The molecule has 0 radical (unpaired) electrons. The first-order chi connectivity index (χ1) is 12.6. The minimum absolute atomic E-state index is 0.00119. The lowest BCUT2D eigenvalue weighted by Crippen LogP contribution is -2.49. The SMILES string of the molecule is O=C(CC1CC2OC(CNC(=O)N3CCOCC3)C(O)C2O1)NC1CC1. The third kappa shape index (κ3) is 4.11. The van der Waals surface area contributed by atoms with Gasteiger partial charge in [-0.2, -0.15) is 0 Å². The van der Waals surface area contributed by atoms with Gasteiger partial charge in [0.2, 0.25) is 5.91 Å². The molecule has 1 aliphatic carbocycles. The van der Waals surface area contributed by atoms with Gasteiger partial charge in [-0.3, -0.25) is 4.79 Å². The normalized spacial score (nSPS) is 36.7. The van der Waals surface area contributed by atoms with Gasteiger partial charge in [0.1, 0.15) is 18.3 Å². The quantitative estimate of drug-likeness (QED) is 0.573. The fourth-order valence-electron chi connectivity index (χ4n) is 3.80. The summed E-state index contributed by atoms with van der Waals surface area (Å²) in [7, 11) is 0. The average Bonchev–Trinajstić information content (AvgIpc) is 3.29. The van der Waals surface area contributed by atoms with Crippen molar-refractivity contribution in [3.05, 3.63) is 0 Å². The molecule has 3 heterocycles. The number of amides is 3. The van der Waals surface area contributed by atoms with Gasteiger partial charge in [0.15, 0.2) is 0 Å². The first kappa shape index (κ1) is 18.0. The Morgan fingerprint density at radius 1 is 1.15 bits per heavy atom. The highest BCUT2D eigenvalue weighted by molar-refractivity contribution is 5.77. The van der Waals surface area contributed by atoms with E-state index in [1.54, 1.807) is 4.90 Å². The number of aliphatic hydroxyl groups excluding tert-OH is 1. The number of fused-ring (bicyclic) bond motifs is 1. The largest absolute Gasteiger partial charge is 0.388 e. The molecular formula is C17H27N3O6. The van der Waals surface area contributed by atoms with Crippen LogP contribution >= 0.6 is 0 Å². The second-order valence-corrected chi connectivity index (χ2v) is 7.49. The van der Waals surface area contributed by atoms with Crippen LogP contribution in [0.15, 0.2) is 0 Å². The van der Waals surface area contributed by atoms with Gasteiger partial charge in [-0.15, -0.1) is 0 Å². The van der Waals surface area contributed by atoms with Gasteiger partial charge in [0.25, 0.3) is 0 Å². The van der Waals surface area contributed by atoms with Gasteiger partial charge in [-0.05, 0) is 12.8 Å². The third-order valence-electron chi connectivity index (χ3n) is 5.39. The molecular weight excluding hydrogens is 342 g/mol. The fourth-order valence-corrected chi connectivity index (χ4v) is 3.80. The van der Waals surface area contributed by atoms with E-state index in [1.807, 2.05) is 0 Å². The number of aliphatic hydroxyl groups is 1. The molecule has 5 atom stereocenters. The lowest BCUT2D eigenvalue weighted by molar-refractivity contribution is -0.124. The highest BCUT2D eigenvalue weighted by atomic mass is 16.6. The van der Waals surface area contributed by atoms with Crippen molar-refractivity contribution < 1.29 is 28.9 Å². The highest BCUT2D eigenvalue weighted by Crippen LogP contribution is 2.35. The van der Waals surface area contributed by atoms with Crippen molar-refractivity contribution in [2.24, 2.45) is 0 Å². The van der Waals surface area contributed by atoms with E-state index in [4.69, 9.17) is 14.2 Å². The van der Waals surface area contributed by atoms with E-state index in [0.29, 0.717) is 45.2 Å². The van der Waals surface area contributed by atoms with Crippen molar-refractivity contribution in [2.45, 2.75) is 62.2 Å². The Morgan fingerprint density at radius 3 is 2.62 bits per heavy atom. The Kier molecular flexibility index (Phi) is 5.30. The summed E-state index contributed by atoms with van der Waals surface area (Å²) in [6.45, 7) is 2.46. The van der Waals surface area contributed by atoms with Crippen LogP contribution in [0.5, 0.6) is 0 Å². The van der Waals surface area contributed by atoms with Crippen LogP contribution in [-0.2, 0) is 19.0 Å². The van der Waals surface area contributed by atoms with Crippen molar-refractivity contribution in [3.8, 4) is 0 Å². The zero-order chi connectivity index (χ0) is 18.1. The molecule has 146 valence electrons. The third-order valence-corrected chi connectivity index (χ3v) is 5.39. The molecule has 0 aromatic rings. The van der Waals surface area contributed by atoms with Gasteiger partial charge in [-0.1, -0.05) is 0 Å². The van der Waals surface area contributed by atoms with E-state index in [0.717, 1.165) is 12.8 Å². The molecule has 5 unspecified atom stereocenters. The van der Waals surface area contributed by atoms with Crippen LogP contribution in [0.25, 0.3) is 0 Å². The Bertz CT molecular complexity index is 537. The lowest BCUT2D eigenvalue weighted by Gasteiger charge is -2.28. The molecule has 4 aliphatic rings. The van der Waals surface area contributed by atoms with Crippen molar-refractivity contribution >= 4 is 11.9 Å².